The Morgan fingerprint density at radius 2 is 0.641 bits per heavy atom. The van der Waals surface area contributed by atoms with Crippen LogP contribution in [-0.4, -0.2) is 47.4 Å². The SMILES string of the molecule is CCCCC/C=C\C/C=C\CCCCCCCCCC(=O)OCCCCCCCCCCCCCCCCCCCCCCCC(=O)NC(CO)C(O)/C=C/CCCCCCCCCCCCCCCCCCCCCCC. The number of amides is 1. The maximum Gasteiger partial charge on any atom is 0.305 e. The molecule has 1 amide bonds. The molecular weight excluding hydrogens is 959 g/mol. The molecule has 0 heterocycles. The van der Waals surface area contributed by atoms with Crippen LogP contribution < -0.4 is 5.32 Å². The van der Waals surface area contributed by atoms with Crippen LogP contribution in [0.3, 0.4) is 0 Å². The summed E-state index contributed by atoms with van der Waals surface area (Å²) in [5.74, 6) is -0.0609. The normalized spacial score (nSPS) is 12.7. The minimum Gasteiger partial charge on any atom is -0.466 e. The van der Waals surface area contributed by atoms with Crippen molar-refractivity contribution in [3.05, 3.63) is 36.5 Å². The fraction of sp³-hybridized carbons (Fsp3) is 0.889. The van der Waals surface area contributed by atoms with E-state index >= 15 is 0 Å². The summed E-state index contributed by atoms with van der Waals surface area (Å²) in [4.78, 5) is 24.6. The highest BCUT2D eigenvalue weighted by Gasteiger charge is 2.18. The number of aliphatic hydroxyl groups excluding tert-OH is 2. The molecule has 6 heteroatoms. The zero-order chi connectivity index (χ0) is 56.4. The molecule has 0 aromatic rings. The minimum absolute atomic E-state index is 0.00429. The number of hydrogen-bond acceptors (Lipinski definition) is 5. The molecule has 0 radical (unpaired) electrons. The van der Waals surface area contributed by atoms with E-state index < -0.39 is 12.1 Å². The summed E-state index contributed by atoms with van der Waals surface area (Å²) < 4.78 is 5.50. The van der Waals surface area contributed by atoms with Crippen molar-refractivity contribution in [2.45, 2.75) is 398 Å². The molecule has 0 saturated carbocycles. The van der Waals surface area contributed by atoms with E-state index in [9.17, 15) is 19.8 Å². The molecule has 0 rings (SSSR count). The standard InChI is InChI=1S/C72H137NO5/c1-3-5-7-9-11-13-15-17-19-21-22-23-24-26-29-33-36-40-44-48-52-56-60-64-70(75)69(68-74)73-71(76)65-61-57-53-49-45-41-37-34-30-27-25-28-31-35-39-43-47-51-55-59-63-67-78-72(77)66-62-58-54-50-46-42-38-32-20-18-16-14-12-10-8-6-4-2/h12,14,18,20,60,64,69-70,74-75H,3-11,13,15-17,19,21-59,61-63,65-68H2,1-2H3,(H,73,76)/b14-12-,20-18-,64-60+. The summed E-state index contributed by atoms with van der Waals surface area (Å²) in [6.45, 7) is 4.91. The van der Waals surface area contributed by atoms with Crippen LogP contribution in [0, 0.1) is 0 Å². The molecule has 460 valence electrons. The largest absolute Gasteiger partial charge is 0.466 e. The molecule has 0 aromatic carbocycles. The second-order valence-electron chi connectivity index (χ2n) is 24.2. The lowest BCUT2D eigenvalue weighted by atomic mass is 10.0. The van der Waals surface area contributed by atoms with E-state index in [1.54, 1.807) is 6.08 Å². The van der Waals surface area contributed by atoms with Crippen molar-refractivity contribution in [3.63, 3.8) is 0 Å². The summed E-state index contributed by atoms with van der Waals surface area (Å²) in [6, 6.07) is -0.630. The van der Waals surface area contributed by atoms with Crippen molar-refractivity contribution in [3.8, 4) is 0 Å². The molecule has 0 spiro atoms. The van der Waals surface area contributed by atoms with E-state index in [1.807, 2.05) is 6.08 Å². The van der Waals surface area contributed by atoms with Gasteiger partial charge in [-0.05, 0) is 64.2 Å². The van der Waals surface area contributed by atoms with Gasteiger partial charge >= 0.3 is 5.97 Å². The zero-order valence-corrected chi connectivity index (χ0v) is 52.7. The van der Waals surface area contributed by atoms with Crippen LogP contribution in [0.4, 0.5) is 0 Å². The molecule has 6 nitrogen and oxygen atoms in total. The van der Waals surface area contributed by atoms with Gasteiger partial charge in [0.2, 0.25) is 5.91 Å². The summed E-state index contributed by atoms with van der Waals surface area (Å²) >= 11 is 0. The van der Waals surface area contributed by atoms with Crippen molar-refractivity contribution in [1.29, 1.82) is 0 Å². The number of ether oxygens (including phenoxy) is 1. The molecule has 0 fully saturated rings. The van der Waals surface area contributed by atoms with Gasteiger partial charge < -0.3 is 20.3 Å². The van der Waals surface area contributed by atoms with E-state index in [0.717, 1.165) is 51.4 Å². The molecule has 0 bridgehead atoms. The highest BCUT2D eigenvalue weighted by Crippen LogP contribution is 2.19. The third-order valence-electron chi connectivity index (χ3n) is 16.4. The molecule has 2 atom stereocenters. The van der Waals surface area contributed by atoms with Gasteiger partial charge in [-0.25, -0.2) is 0 Å². The van der Waals surface area contributed by atoms with Crippen LogP contribution >= 0.6 is 0 Å². The first-order valence-electron chi connectivity index (χ1n) is 35.3. The zero-order valence-electron chi connectivity index (χ0n) is 52.7. The molecule has 0 aromatic heterocycles. The highest BCUT2D eigenvalue weighted by molar-refractivity contribution is 5.76. The van der Waals surface area contributed by atoms with Gasteiger partial charge in [-0.15, -0.1) is 0 Å². The van der Waals surface area contributed by atoms with E-state index in [1.165, 1.54) is 308 Å². The average molecular weight is 1100 g/mol. The Bertz CT molecular complexity index is 1260. The summed E-state index contributed by atoms with van der Waals surface area (Å²) in [6.07, 6.45) is 86.4. The van der Waals surface area contributed by atoms with Crippen LogP contribution in [-0.2, 0) is 14.3 Å². The minimum atomic E-state index is -0.847. The van der Waals surface area contributed by atoms with Gasteiger partial charge in [0.05, 0.1) is 25.4 Å². The van der Waals surface area contributed by atoms with E-state index in [0.29, 0.717) is 19.4 Å². The first-order chi connectivity index (χ1) is 38.5. The van der Waals surface area contributed by atoms with Gasteiger partial charge in [0.15, 0.2) is 0 Å². The maximum absolute atomic E-state index is 12.5. The number of allylic oxidation sites excluding steroid dienone is 5. The summed E-state index contributed by atoms with van der Waals surface area (Å²) in [5.41, 5.74) is 0. The number of carbonyl (C=O) groups is 2. The third kappa shape index (κ3) is 63.3. The number of rotatable bonds is 66. The smallest absolute Gasteiger partial charge is 0.305 e. The average Bonchev–Trinajstić information content (AvgIpc) is 3.44. The lowest BCUT2D eigenvalue weighted by Crippen LogP contribution is -2.45. The van der Waals surface area contributed by atoms with Crippen LogP contribution in [0.2, 0.25) is 0 Å². The Balaban J connectivity index is 3.41. The summed E-state index contributed by atoms with van der Waals surface area (Å²) in [7, 11) is 0. The lowest BCUT2D eigenvalue weighted by Gasteiger charge is -2.20. The van der Waals surface area contributed by atoms with Gasteiger partial charge in [0.1, 0.15) is 0 Å². The van der Waals surface area contributed by atoms with Crippen molar-refractivity contribution in [2.24, 2.45) is 0 Å². The molecular formula is C72H137NO5. The van der Waals surface area contributed by atoms with Gasteiger partial charge in [-0.3, -0.25) is 9.59 Å². The van der Waals surface area contributed by atoms with Gasteiger partial charge in [-0.2, -0.15) is 0 Å². The first kappa shape index (κ1) is 76.1. The van der Waals surface area contributed by atoms with Crippen molar-refractivity contribution >= 4 is 11.9 Å². The Morgan fingerprint density at radius 3 is 1.00 bits per heavy atom. The van der Waals surface area contributed by atoms with Crippen molar-refractivity contribution in [2.75, 3.05) is 13.2 Å². The second-order valence-corrected chi connectivity index (χ2v) is 24.2. The van der Waals surface area contributed by atoms with Gasteiger partial charge in [-0.1, -0.05) is 346 Å². The number of hydrogen-bond donors (Lipinski definition) is 3. The number of esters is 1. The fourth-order valence-corrected chi connectivity index (χ4v) is 11.0. The molecule has 0 aliphatic heterocycles. The quantitative estimate of drug-likeness (QED) is 0.0320. The molecule has 2 unspecified atom stereocenters. The van der Waals surface area contributed by atoms with E-state index in [-0.39, 0.29) is 18.5 Å². The molecule has 3 N–H and O–H groups in total. The third-order valence-corrected chi connectivity index (χ3v) is 16.4. The Labute approximate surface area is 487 Å². The van der Waals surface area contributed by atoms with Crippen LogP contribution in [0.1, 0.15) is 386 Å². The number of carbonyl (C=O) groups excluding carboxylic acids is 2. The van der Waals surface area contributed by atoms with Gasteiger partial charge in [0.25, 0.3) is 0 Å². The maximum atomic E-state index is 12.5. The van der Waals surface area contributed by atoms with Gasteiger partial charge in [0, 0.05) is 12.8 Å². The topological polar surface area (TPSA) is 95.9 Å². The Morgan fingerprint density at radius 1 is 0.359 bits per heavy atom. The van der Waals surface area contributed by atoms with Crippen LogP contribution in [0.25, 0.3) is 0 Å². The summed E-state index contributed by atoms with van der Waals surface area (Å²) in [5, 5.41) is 23.3. The predicted molar refractivity (Wildman–Crippen MR) is 343 cm³/mol. The number of aliphatic hydroxyl groups is 2. The number of nitrogens with one attached hydrogen (secondary N) is 1. The number of unbranched alkanes of at least 4 members (excludes halogenated alkanes) is 51. The molecule has 0 aliphatic rings. The van der Waals surface area contributed by atoms with Crippen LogP contribution in [0.5, 0.6) is 0 Å². The monoisotopic (exact) mass is 1100 g/mol. The van der Waals surface area contributed by atoms with Crippen molar-refractivity contribution in [1.82, 2.24) is 5.32 Å². The lowest BCUT2D eigenvalue weighted by molar-refractivity contribution is -0.143. The Hall–Kier alpha value is -1.92. The fourth-order valence-electron chi connectivity index (χ4n) is 11.0. The second kappa shape index (κ2) is 67.6. The van der Waals surface area contributed by atoms with Crippen LogP contribution in [0.15, 0.2) is 36.5 Å². The highest BCUT2D eigenvalue weighted by atomic mass is 16.5. The van der Waals surface area contributed by atoms with Crippen molar-refractivity contribution < 1.29 is 24.5 Å². The predicted octanol–water partition coefficient (Wildman–Crippen LogP) is 22.7. The van der Waals surface area contributed by atoms with E-state index in [4.69, 9.17) is 4.74 Å². The molecule has 78 heavy (non-hydrogen) atoms. The Kier molecular flexibility index (Phi) is 65.9. The molecule has 0 aliphatic carbocycles. The first-order valence-corrected chi connectivity index (χ1v) is 35.3. The molecule has 0 saturated heterocycles. The van der Waals surface area contributed by atoms with E-state index in [2.05, 4.69) is 43.5 Å².